The van der Waals surface area contributed by atoms with Crippen LogP contribution in [0.4, 0.5) is 0 Å². The Labute approximate surface area is 81.1 Å². The van der Waals surface area contributed by atoms with Crippen LogP contribution in [-0.4, -0.2) is 11.4 Å². The van der Waals surface area contributed by atoms with Gasteiger partial charge < -0.3 is 5.32 Å². The summed E-state index contributed by atoms with van der Waals surface area (Å²) in [6.07, 6.45) is 5.88. The lowest BCUT2D eigenvalue weighted by Crippen LogP contribution is -2.45. The highest BCUT2D eigenvalue weighted by Crippen LogP contribution is 2.26. The molecular formula is C11H19NO. The van der Waals surface area contributed by atoms with Crippen LogP contribution in [0.5, 0.6) is 0 Å². The van der Waals surface area contributed by atoms with Gasteiger partial charge in [-0.05, 0) is 31.6 Å². The van der Waals surface area contributed by atoms with E-state index >= 15 is 0 Å². The SMILES string of the molecule is C#CC(=O)NC(C)(C)CC(C)(C)C. The molecule has 2 nitrogen and oxygen atoms in total. The second-order valence-electron chi connectivity index (χ2n) is 5.22. The number of hydrogen-bond acceptors (Lipinski definition) is 1. The Morgan fingerprint density at radius 3 is 2.08 bits per heavy atom. The molecule has 0 aliphatic rings. The Morgan fingerprint density at radius 1 is 1.31 bits per heavy atom. The highest BCUT2D eigenvalue weighted by Gasteiger charge is 2.26. The van der Waals surface area contributed by atoms with Crippen LogP contribution in [0.3, 0.4) is 0 Å². The van der Waals surface area contributed by atoms with Crippen LogP contribution >= 0.6 is 0 Å². The summed E-state index contributed by atoms with van der Waals surface area (Å²) in [5, 5.41) is 2.79. The Bertz CT molecular complexity index is 227. The van der Waals surface area contributed by atoms with E-state index in [4.69, 9.17) is 6.42 Å². The van der Waals surface area contributed by atoms with E-state index in [0.29, 0.717) is 0 Å². The van der Waals surface area contributed by atoms with E-state index in [9.17, 15) is 4.79 Å². The number of amides is 1. The van der Waals surface area contributed by atoms with Crippen molar-refractivity contribution in [2.45, 2.75) is 46.6 Å². The summed E-state index contributed by atoms with van der Waals surface area (Å²) < 4.78 is 0. The van der Waals surface area contributed by atoms with Crippen molar-refractivity contribution in [3.8, 4) is 12.3 Å². The predicted molar refractivity (Wildman–Crippen MR) is 55.1 cm³/mol. The van der Waals surface area contributed by atoms with Gasteiger partial charge in [0.25, 0.3) is 5.91 Å². The number of carbonyl (C=O) groups excluding carboxylic acids is 1. The molecule has 74 valence electrons. The monoisotopic (exact) mass is 181 g/mol. The molecule has 0 atom stereocenters. The molecule has 0 rings (SSSR count). The van der Waals surface area contributed by atoms with Gasteiger partial charge in [-0.15, -0.1) is 6.42 Å². The number of rotatable bonds is 2. The molecule has 0 saturated carbocycles. The van der Waals surface area contributed by atoms with Crippen LogP contribution in [0, 0.1) is 17.8 Å². The summed E-state index contributed by atoms with van der Waals surface area (Å²) in [4.78, 5) is 11.0. The van der Waals surface area contributed by atoms with Crippen molar-refractivity contribution >= 4 is 5.91 Å². The largest absolute Gasteiger partial charge is 0.340 e. The van der Waals surface area contributed by atoms with Crippen LogP contribution in [0.2, 0.25) is 0 Å². The highest BCUT2D eigenvalue weighted by atomic mass is 16.1. The lowest BCUT2D eigenvalue weighted by Gasteiger charge is -2.32. The third kappa shape index (κ3) is 6.21. The van der Waals surface area contributed by atoms with Crippen LogP contribution in [0.1, 0.15) is 41.0 Å². The first-order chi connectivity index (χ1) is 5.66. The zero-order valence-electron chi connectivity index (χ0n) is 9.19. The number of carbonyl (C=O) groups is 1. The molecule has 2 heteroatoms. The molecule has 1 N–H and O–H groups in total. The second-order valence-corrected chi connectivity index (χ2v) is 5.22. The lowest BCUT2D eigenvalue weighted by molar-refractivity contribution is -0.117. The Balaban J connectivity index is 4.26. The first-order valence-corrected chi connectivity index (χ1v) is 4.45. The van der Waals surface area contributed by atoms with Crippen molar-refractivity contribution < 1.29 is 4.79 Å². The summed E-state index contributed by atoms with van der Waals surface area (Å²) in [6, 6.07) is 0. The quantitative estimate of drug-likeness (QED) is 0.648. The zero-order valence-corrected chi connectivity index (χ0v) is 9.19. The maximum atomic E-state index is 11.0. The van der Waals surface area contributed by atoms with Gasteiger partial charge in [-0.2, -0.15) is 0 Å². The summed E-state index contributed by atoms with van der Waals surface area (Å²) in [6.45, 7) is 10.4. The maximum absolute atomic E-state index is 11.0. The normalized spacial score (nSPS) is 12.0. The van der Waals surface area contributed by atoms with Gasteiger partial charge in [-0.25, -0.2) is 0 Å². The van der Waals surface area contributed by atoms with E-state index in [-0.39, 0.29) is 16.9 Å². The van der Waals surface area contributed by atoms with E-state index < -0.39 is 0 Å². The summed E-state index contributed by atoms with van der Waals surface area (Å²) in [5.74, 6) is 1.72. The molecule has 0 radical (unpaired) electrons. The fraction of sp³-hybridized carbons (Fsp3) is 0.727. The molecule has 0 fully saturated rings. The predicted octanol–water partition coefficient (Wildman–Crippen LogP) is 1.95. The number of terminal acetylenes is 1. The molecule has 0 spiro atoms. The van der Waals surface area contributed by atoms with E-state index in [2.05, 4.69) is 32.0 Å². The minimum Gasteiger partial charge on any atom is -0.340 e. The second kappa shape index (κ2) is 3.83. The van der Waals surface area contributed by atoms with Gasteiger partial charge in [0, 0.05) is 5.54 Å². The van der Waals surface area contributed by atoms with Crippen LogP contribution in [0.15, 0.2) is 0 Å². The Kier molecular flexibility index (Phi) is 3.54. The van der Waals surface area contributed by atoms with Gasteiger partial charge in [-0.1, -0.05) is 20.8 Å². The molecule has 0 bridgehead atoms. The van der Waals surface area contributed by atoms with Gasteiger partial charge in [0.2, 0.25) is 0 Å². The standard InChI is InChI=1S/C11H19NO/c1-7-9(13)12-11(5,6)8-10(2,3)4/h1H,8H2,2-6H3,(H,12,13). The van der Waals surface area contributed by atoms with Crippen molar-refractivity contribution in [3.63, 3.8) is 0 Å². The Morgan fingerprint density at radius 2 is 1.77 bits per heavy atom. The smallest absolute Gasteiger partial charge is 0.296 e. The van der Waals surface area contributed by atoms with Crippen molar-refractivity contribution in [1.82, 2.24) is 5.32 Å². The molecule has 0 aromatic heterocycles. The molecule has 1 amide bonds. The van der Waals surface area contributed by atoms with Crippen LogP contribution < -0.4 is 5.32 Å². The molecule has 13 heavy (non-hydrogen) atoms. The van der Waals surface area contributed by atoms with Gasteiger partial charge in [0.15, 0.2) is 0 Å². The average molecular weight is 181 g/mol. The van der Waals surface area contributed by atoms with Crippen molar-refractivity contribution in [2.75, 3.05) is 0 Å². The van der Waals surface area contributed by atoms with E-state index in [1.165, 1.54) is 0 Å². The molecule has 0 aliphatic heterocycles. The van der Waals surface area contributed by atoms with Crippen molar-refractivity contribution in [1.29, 1.82) is 0 Å². The van der Waals surface area contributed by atoms with Gasteiger partial charge in [0.05, 0.1) is 0 Å². The first kappa shape index (κ1) is 12.0. The van der Waals surface area contributed by atoms with Gasteiger partial charge in [-0.3, -0.25) is 4.79 Å². The molecular weight excluding hydrogens is 162 g/mol. The third-order valence-corrected chi connectivity index (χ3v) is 1.56. The average Bonchev–Trinajstić information content (AvgIpc) is 1.80. The zero-order chi connectivity index (χ0) is 10.7. The number of nitrogens with one attached hydrogen (secondary N) is 1. The summed E-state index contributed by atoms with van der Waals surface area (Å²) >= 11 is 0. The van der Waals surface area contributed by atoms with Crippen molar-refractivity contribution in [2.24, 2.45) is 5.41 Å². The van der Waals surface area contributed by atoms with Gasteiger partial charge >= 0.3 is 0 Å². The topological polar surface area (TPSA) is 29.1 Å². The van der Waals surface area contributed by atoms with E-state index in [1.54, 1.807) is 0 Å². The van der Waals surface area contributed by atoms with E-state index in [0.717, 1.165) is 6.42 Å². The Hall–Kier alpha value is -0.970. The molecule has 0 aliphatic carbocycles. The molecule has 0 unspecified atom stereocenters. The summed E-state index contributed by atoms with van der Waals surface area (Å²) in [7, 11) is 0. The fourth-order valence-corrected chi connectivity index (χ4v) is 1.71. The lowest BCUT2D eigenvalue weighted by atomic mass is 9.82. The molecule has 0 aromatic carbocycles. The fourth-order valence-electron chi connectivity index (χ4n) is 1.71. The first-order valence-electron chi connectivity index (χ1n) is 4.45. The highest BCUT2D eigenvalue weighted by molar-refractivity contribution is 5.93. The number of hydrogen-bond donors (Lipinski definition) is 1. The minimum absolute atomic E-state index is 0.186. The molecule has 0 saturated heterocycles. The third-order valence-electron chi connectivity index (χ3n) is 1.56. The molecule has 0 heterocycles. The maximum Gasteiger partial charge on any atom is 0.296 e. The minimum atomic E-state index is -0.339. The van der Waals surface area contributed by atoms with Crippen LogP contribution in [0.25, 0.3) is 0 Å². The van der Waals surface area contributed by atoms with Crippen LogP contribution in [-0.2, 0) is 4.79 Å². The van der Waals surface area contributed by atoms with Gasteiger partial charge in [0.1, 0.15) is 0 Å². The van der Waals surface area contributed by atoms with Crippen molar-refractivity contribution in [3.05, 3.63) is 0 Å². The summed E-state index contributed by atoms with van der Waals surface area (Å²) in [5.41, 5.74) is -0.0485. The van der Waals surface area contributed by atoms with E-state index in [1.807, 2.05) is 13.8 Å². The molecule has 0 aromatic rings.